The van der Waals surface area contributed by atoms with Gasteiger partial charge in [0.05, 0.1) is 29.8 Å². The molecule has 3 aromatic rings. The lowest BCUT2D eigenvalue weighted by molar-refractivity contribution is -0.142. The van der Waals surface area contributed by atoms with E-state index in [1.54, 1.807) is 10.7 Å². The molecule has 31 heavy (non-hydrogen) atoms. The van der Waals surface area contributed by atoms with Crippen molar-refractivity contribution >= 4 is 5.91 Å². The molecule has 0 saturated heterocycles. The number of aryl methyl sites for hydroxylation is 1. The summed E-state index contributed by atoms with van der Waals surface area (Å²) in [6.07, 6.45) is -6.59. The number of pyridine rings is 1. The van der Waals surface area contributed by atoms with Crippen LogP contribution in [-0.2, 0) is 18.9 Å². The first-order valence-electron chi connectivity index (χ1n) is 8.84. The highest BCUT2D eigenvalue weighted by molar-refractivity contribution is 5.92. The van der Waals surface area contributed by atoms with Crippen molar-refractivity contribution in [3.05, 3.63) is 59.6 Å². The molecule has 0 spiro atoms. The smallest absolute Gasteiger partial charge is 0.342 e. The standard InChI is InChI=1S/C18H12F6N6O/c19-17(20,21)14-5-9(1-3-25-14)11-6-13-10(2-4-30(13)29-11)28-16(31)12-7-27-15(8-26-12)18(22,23)24/h1,3,5-8,10H,2,4H2,(H,28,31)/t10-/m1/s1. The van der Waals surface area contributed by atoms with E-state index in [0.717, 1.165) is 18.5 Å². The van der Waals surface area contributed by atoms with Gasteiger partial charge in [-0.1, -0.05) is 0 Å². The van der Waals surface area contributed by atoms with Crippen molar-refractivity contribution in [2.75, 3.05) is 0 Å². The Hall–Kier alpha value is -3.51. The highest BCUT2D eigenvalue weighted by Gasteiger charge is 2.34. The second-order valence-electron chi connectivity index (χ2n) is 6.70. The van der Waals surface area contributed by atoms with Crippen LogP contribution in [0.4, 0.5) is 26.3 Å². The van der Waals surface area contributed by atoms with E-state index < -0.39 is 35.7 Å². The van der Waals surface area contributed by atoms with Crippen molar-refractivity contribution in [3.63, 3.8) is 0 Å². The van der Waals surface area contributed by atoms with Crippen molar-refractivity contribution in [1.29, 1.82) is 0 Å². The lowest BCUT2D eigenvalue weighted by atomic mass is 10.1. The van der Waals surface area contributed by atoms with E-state index in [4.69, 9.17) is 0 Å². The van der Waals surface area contributed by atoms with Gasteiger partial charge in [0.1, 0.15) is 11.4 Å². The predicted molar refractivity (Wildman–Crippen MR) is 92.3 cm³/mol. The minimum atomic E-state index is -4.67. The Balaban J connectivity index is 1.52. The minimum Gasteiger partial charge on any atom is -0.342 e. The zero-order valence-electron chi connectivity index (χ0n) is 15.4. The third-order valence-corrected chi connectivity index (χ3v) is 4.62. The molecule has 1 amide bonds. The Bertz CT molecular complexity index is 1120. The molecular formula is C18H12F6N6O. The second kappa shape index (κ2) is 7.32. The van der Waals surface area contributed by atoms with Gasteiger partial charge in [0, 0.05) is 18.3 Å². The van der Waals surface area contributed by atoms with Gasteiger partial charge >= 0.3 is 12.4 Å². The summed E-state index contributed by atoms with van der Waals surface area (Å²) in [6.45, 7) is 0.399. The first-order valence-corrected chi connectivity index (χ1v) is 8.84. The van der Waals surface area contributed by atoms with Crippen LogP contribution in [0.3, 0.4) is 0 Å². The van der Waals surface area contributed by atoms with E-state index in [2.05, 4.69) is 25.4 Å². The Kier molecular flexibility index (Phi) is 4.90. The van der Waals surface area contributed by atoms with Crippen LogP contribution in [-0.4, -0.2) is 30.6 Å². The molecule has 0 aliphatic carbocycles. The zero-order chi connectivity index (χ0) is 22.4. The van der Waals surface area contributed by atoms with Crippen molar-refractivity contribution in [1.82, 2.24) is 30.0 Å². The number of nitrogens with zero attached hydrogens (tertiary/aromatic N) is 5. The van der Waals surface area contributed by atoms with Crippen molar-refractivity contribution in [2.45, 2.75) is 31.4 Å². The van der Waals surface area contributed by atoms with Crippen molar-refractivity contribution in [3.8, 4) is 11.3 Å². The fraction of sp³-hybridized carbons (Fsp3) is 0.278. The van der Waals surface area contributed by atoms with Crippen molar-refractivity contribution in [2.24, 2.45) is 0 Å². The van der Waals surface area contributed by atoms with Crippen molar-refractivity contribution < 1.29 is 31.1 Å². The highest BCUT2D eigenvalue weighted by atomic mass is 19.4. The van der Waals surface area contributed by atoms with Crippen LogP contribution in [0.25, 0.3) is 11.3 Å². The number of alkyl halides is 6. The topological polar surface area (TPSA) is 85.6 Å². The molecule has 7 nitrogen and oxygen atoms in total. The number of halogens is 6. The van der Waals surface area contributed by atoms with Gasteiger partial charge in [-0.05, 0) is 24.6 Å². The van der Waals surface area contributed by atoms with E-state index in [0.29, 0.717) is 24.9 Å². The second-order valence-corrected chi connectivity index (χ2v) is 6.70. The average molecular weight is 442 g/mol. The third-order valence-electron chi connectivity index (χ3n) is 4.62. The Morgan fingerprint density at radius 2 is 1.74 bits per heavy atom. The minimum absolute atomic E-state index is 0.211. The lowest BCUT2D eigenvalue weighted by Gasteiger charge is -2.12. The lowest BCUT2D eigenvalue weighted by Crippen LogP contribution is -2.28. The molecule has 1 aliphatic rings. The van der Waals surface area contributed by atoms with Crippen LogP contribution in [0.15, 0.2) is 36.8 Å². The van der Waals surface area contributed by atoms with Crippen LogP contribution >= 0.6 is 0 Å². The summed E-state index contributed by atoms with van der Waals surface area (Å²) in [5.74, 6) is -0.731. The number of hydrogen-bond donors (Lipinski definition) is 1. The number of carbonyl (C=O) groups is 1. The molecule has 1 aliphatic heterocycles. The molecule has 0 radical (unpaired) electrons. The van der Waals surface area contributed by atoms with Gasteiger partial charge in [-0.2, -0.15) is 31.4 Å². The number of carbonyl (C=O) groups excluding carboxylic acids is 1. The number of fused-ring (bicyclic) bond motifs is 1. The fourth-order valence-corrected chi connectivity index (χ4v) is 3.15. The maximum Gasteiger partial charge on any atom is 0.434 e. The van der Waals surface area contributed by atoms with Crippen LogP contribution < -0.4 is 5.32 Å². The van der Waals surface area contributed by atoms with E-state index in [1.807, 2.05) is 0 Å². The number of hydrogen-bond acceptors (Lipinski definition) is 5. The maximum atomic E-state index is 12.9. The first-order chi connectivity index (χ1) is 14.5. The molecule has 1 atom stereocenters. The molecule has 4 rings (SSSR count). The SMILES string of the molecule is O=C(N[C@@H]1CCn2nc(-c3ccnc(C(F)(F)F)c3)cc21)c1cnc(C(F)(F)F)cn1. The molecule has 162 valence electrons. The van der Waals surface area contributed by atoms with Gasteiger partial charge in [0.15, 0.2) is 5.69 Å². The largest absolute Gasteiger partial charge is 0.434 e. The van der Waals surface area contributed by atoms with Gasteiger partial charge in [-0.25, -0.2) is 9.97 Å². The quantitative estimate of drug-likeness (QED) is 0.626. The number of amides is 1. The van der Waals surface area contributed by atoms with Crippen LogP contribution in [0, 0.1) is 0 Å². The Morgan fingerprint density at radius 1 is 1.00 bits per heavy atom. The van der Waals surface area contributed by atoms with E-state index >= 15 is 0 Å². The van der Waals surface area contributed by atoms with E-state index in [9.17, 15) is 31.1 Å². The summed E-state index contributed by atoms with van der Waals surface area (Å²) >= 11 is 0. The number of nitrogens with one attached hydrogen (secondary N) is 1. The number of aromatic nitrogens is 5. The molecule has 0 bridgehead atoms. The number of rotatable bonds is 3. The highest BCUT2D eigenvalue weighted by Crippen LogP contribution is 2.33. The molecule has 0 aromatic carbocycles. The molecule has 0 fully saturated rings. The summed E-state index contributed by atoms with van der Waals surface area (Å²) < 4.78 is 77.9. The molecule has 1 N–H and O–H groups in total. The van der Waals surface area contributed by atoms with Gasteiger partial charge in [-0.15, -0.1) is 0 Å². The molecular weight excluding hydrogens is 430 g/mol. The normalized spacial score (nSPS) is 16.3. The summed E-state index contributed by atoms with van der Waals surface area (Å²) in [6, 6.07) is 3.27. The molecule has 4 heterocycles. The summed E-state index contributed by atoms with van der Waals surface area (Å²) in [5, 5.41) is 6.90. The summed E-state index contributed by atoms with van der Waals surface area (Å²) in [7, 11) is 0. The van der Waals surface area contributed by atoms with Crippen LogP contribution in [0.5, 0.6) is 0 Å². The van der Waals surface area contributed by atoms with Crippen LogP contribution in [0.1, 0.15) is 40.0 Å². The Morgan fingerprint density at radius 3 is 2.39 bits per heavy atom. The van der Waals surface area contributed by atoms with E-state index in [-0.39, 0.29) is 17.0 Å². The molecule has 0 saturated carbocycles. The van der Waals surface area contributed by atoms with Gasteiger partial charge in [0.2, 0.25) is 0 Å². The first kappa shape index (κ1) is 20.8. The molecule has 13 heteroatoms. The van der Waals surface area contributed by atoms with E-state index in [1.165, 1.54) is 6.07 Å². The predicted octanol–water partition coefficient (Wildman–Crippen LogP) is 3.65. The third kappa shape index (κ3) is 4.20. The monoisotopic (exact) mass is 442 g/mol. The zero-order valence-corrected chi connectivity index (χ0v) is 15.4. The molecule has 3 aromatic heterocycles. The van der Waals surface area contributed by atoms with Gasteiger partial charge < -0.3 is 5.32 Å². The molecule has 0 unspecified atom stereocenters. The van der Waals surface area contributed by atoms with Gasteiger partial charge in [-0.3, -0.25) is 14.5 Å². The van der Waals surface area contributed by atoms with Gasteiger partial charge in [0.25, 0.3) is 5.91 Å². The van der Waals surface area contributed by atoms with Crippen LogP contribution in [0.2, 0.25) is 0 Å². The maximum absolute atomic E-state index is 12.9. The summed E-state index contributed by atoms with van der Waals surface area (Å²) in [4.78, 5) is 22.4. The fourth-order valence-electron chi connectivity index (χ4n) is 3.15. The summed E-state index contributed by atoms with van der Waals surface area (Å²) in [5.41, 5.74) is -1.53. The Labute approximate surface area is 170 Å². The average Bonchev–Trinajstić information content (AvgIpc) is 3.29.